The van der Waals surface area contributed by atoms with E-state index in [9.17, 15) is 4.79 Å². The van der Waals surface area contributed by atoms with Gasteiger partial charge in [-0.1, -0.05) is 48.5 Å². The first-order valence-electron chi connectivity index (χ1n) is 8.27. The SMILES string of the molecule is COc1ccc(-c2cc(-c3cccs3)[nH]c(=O)c2-c2ccccc2)cc1. The number of rotatable bonds is 4. The Kier molecular flexibility index (Phi) is 4.42. The molecule has 0 aliphatic rings. The first-order chi connectivity index (χ1) is 12.8. The summed E-state index contributed by atoms with van der Waals surface area (Å²) in [5, 5.41) is 2.01. The van der Waals surface area contributed by atoms with Crippen LogP contribution in [0.4, 0.5) is 0 Å². The van der Waals surface area contributed by atoms with Crippen molar-refractivity contribution in [2.24, 2.45) is 0 Å². The van der Waals surface area contributed by atoms with Gasteiger partial charge < -0.3 is 9.72 Å². The zero-order valence-electron chi connectivity index (χ0n) is 14.2. The van der Waals surface area contributed by atoms with Crippen LogP contribution in [-0.4, -0.2) is 12.1 Å². The van der Waals surface area contributed by atoms with E-state index >= 15 is 0 Å². The molecule has 2 aromatic carbocycles. The van der Waals surface area contributed by atoms with Crippen LogP contribution in [-0.2, 0) is 0 Å². The third kappa shape index (κ3) is 3.07. The maximum atomic E-state index is 13.0. The molecule has 0 saturated heterocycles. The number of hydrogen-bond acceptors (Lipinski definition) is 3. The van der Waals surface area contributed by atoms with E-state index in [0.717, 1.165) is 33.0 Å². The molecule has 0 radical (unpaired) electrons. The van der Waals surface area contributed by atoms with Crippen LogP contribution < -0.4 is 10.3 Å². The number of pyridine rings is 1. The van der Waals surface area contributed by atoms with Crippen molar-refractivity contribution >= 4 is 11.3 Å². The number of aromatic nitrogens is 1. The summed E-state index contributed by atoms with van der Waals surface area (Å²) >= 11 is 1.61. The van der Waals surface area contributed by atoms with Gasteiger partial charge in [-0.15, -0.1) is 11.3 Å². The lowest BCUT2D eigenvalue weighted by molar-refractivity contribution is 0.415. The molecule has 0 fully saturated rings. The molecule has 2 aromatic heterocycles. The lowest BCUT2D eigenvalue weighted by Gasteiger charge is -2.12. The molecule has 0 saturated carbocycles. The van der Waals surface area contributed by atoms with Crippen molar-refractivity contribution in [2.45, 2.75) is 0 Å². The smallest absolute Gasteiger partial charge is 0.256 e. The fraction of sp³-hybridized carbons (Fsp3) is 0.0455. The number of aromatic amines is 1. The van der Waals surface area contributed by atoms with Crippen LogP contribution in [0.3, 0.4) is 0 Å². The van der Waals surface area contributed by atoms with Crippen LogP contribution in [0.2, 0.25) is 0 Å². The summed E-state index contributed by atoms with van der Waals surface area (Å²) in [5.41, 5.74) is 4.20. The largest absolute Gasteiger partial charge is 0.497 e. The second kappa shape index (κ2) is 7.02. The standard InChI is InChI=1S/C22H17NO2S/c1-25-17-11-9-15(10-12-17)18-14-19(20-8-5-13-26-20)23-22(24)21(18)16-6-3-2-4-7-16/h2-14H,1H3,(H,23,24). The molecule has 0 bridgehead atoms. The van der Waals surface area contributed by atoms with Crippen LogP contribution in [0, 0.1) is 0 Å². The number of methoxy groups -OCH3 is 1. The summed E-state index contributed by atoms with van der Waals surface area (Å²) in [6.45, 7) is 0. The molecule has 4 aromatic rings. The molecular weight excluding hydrogens is 342 g/mol. The van der Waals surface area contributed by atoms with Crippen molar-refractivity contribution in [2.75, 3.05) is 7.11 Å². The highest BCUT2D eigenvalue weighted by Crippen LogP contribution is 2.33. The predicted octanol–water partition coefficient (Wildman–Crippen LogP) is 5.45. The molecule has 0 amide bonds. The van der Waals surface area contributed by atoms with E-state index in [2.05, 4.69) is 11.1 Å². The molecule has 3 nitrogen and oxygen atoms in total. The van der Waals surface area contributed by atoms with Crippen molar-refractivity contribution in [3.63, 3.8) is 0 Å². The summed E-state index contributed by atoms with van der Waals surface area (Å²) in [4.78, 5) is 17.1. The lowest BCUT2D eigenvalue weighted by atomic mass is 9.95. The van der Waals surface area contributed by atoms with Gasteiger partial charge in [0.15, 0.2) is 0 Å². The number of ether oxygens (including phenoxy) is 1. The molecule has 2 heterocycles. The maximum absolute atomic E-state index is 13.0. The third-order valence-electron chi connectivity index (χ3n) is 4.28. The predicted molar refractivity (Wildman–Crippen MR) is 108 cm³/mol. The molecule has 0 aliphatic heterocycles. The zero-order valence-corrected chi connectivity index (χ0v) is 15.0. The molecule has 1 N–H and O–H groups in total. The van der Waals surface area contributed by atoms with E-state index in [0.29, 0.717) is 5.56 Å². The molecule has 0 unspecified atom stereocenters. The van der Waals surface area contributed by atoms with Crippen LogP contribution in [0.5, 0.6) is 5.75 Å². The Bertz CT molecular complexity index is 1070. The first-order valence-corrected chi connectivity index (χ1v) is 9.15. The Morgan fingerprint density at radius 1 is 0.885 bits per heavy atom. The summed E-state index contributed by atoms with van der Waals surface area (Å²) in [5.74, 6) is 0.790. The van der Waals surface area contributed by atoms with Crippen molar-refractivity contribution in [1.29, 1.82) is 0 Å². The highest BCUT2D eigenvalue weighted by Gasteiger charge is 2.15. The molecule has 0 atom stereocenters. The Morgan fingerprint density at radius 3 is 2.31 bits per heavy atom. The van der Waals surface area contributed by atoms with Gasteiger partial charge in [-0.3, -0.25) is 4.79 Å². The molecule has 0 spiro atoms. The number of thiophene rings is 1. The molecule has 4 heteroatoms. The second-order valence-electron chi connectivity index (χ2n) is 5.87. The lowest BCUT2D eigenvalue weighted by Crippen LogP contribution is -2.11. The van der Waals surface area contributed by atoms with E-state index in [1.807, 2.05) is 72.1 Å². The van der Waals surface area contributed by atoms with Crippen molar-refractivity contribution in [3.8, 4) is 38.6 Å². The maximum Gasteiger partial charge on any atom is 0.256 e. The zero-order chi connectivity index (χ0) is 17.9. The van der Waals surface area contributed by atoms with E-state index in [-0.39, 0.29) is 5.56 Å². The highest BCUT2D eigenvalue weighted by molar-refractivity contribution is 7.13. The fourth-order valence-electron chi connectivity index (χ4n) is 3.01. The summed E-state index contributed by atoms with van der Waals surface area (Å²) in [6, 6.07) is 23.6. The Labute approximate surface area is 155 Å². The Balaban J connectivity index is 1.97. The van der Waals surface area contributed by atoms with Gasteiger partial charge in [-0.25, -0.2) is 0 Å². The summed E-state index contributed by atoms with van der Waals surface area (Å²) in [6.07, 6.45) is 0. The Hall–Kier alpha value is -3.11. The molecule has 128 valence electrons. The average molecular weight is 359 g/mol. The van der Waals surface area contributed by atoms with Gasteiger partial charge in [0.25, 0.3) is 5.56 Å². The average Bonchev–Trinajstić information content (AvgIpc) is 3.23. The van der Waals surface area contributed by atoms with Crippen LogP contribution in [0.25, 0.3) is 32.8 Å². The highest BCUT2D eigenvalue weighted by atomic mass is 32.1. The first kappa shape index (κ1) is 16.4. The van der Waals surface area contributed by atoms with Crippen LogP contribution in [0.1, 0.15) is 0 Å². The minimum absolute atomic E-state index is 0.0899. The Morgan fingerprint density at radius 2 is 1.65 bits per heavy atom. The number of hydrogen-bond donors (Lipinski definition) is 1. The van der Waals surface area contributed by atoms with E-state index in [1.165, 1.54) is 0 Å². The van der Waals surface area contributed by atoms with Crippen molar-refractivity contribution in [1.82, 2.24) is 4.98 Å². The molecular formula is C22H17NO2S. The van der Waals surface area contributed by atoms with Crippen LogP contribution in [0.15, 0.2) is 83.0 Å². The van der Waals surface area contributed by atoms with Crippen LogP contribution >= 0.6 is 11.3 Å². The monoisotopic (exact) mass is 359 g/mol. The van der Waals surface area contributed by atoms with E-state index in [1.54, 1.807) is 18.4 Å². The summed E-state index contributed by atoms with van der Waals surface area (Å²) < 4.78 is 5.26. The minimum Gasteiger partial charge on any atom is -0.497 e. The number of benzene rings is 2. The van der Waals surface area contributed by atoms with Gasteiger partial charge >= 0.3 is 0 Å². The van der Waals surface area contributed by atoms with Gasteiger partial charge in [0.2, 0.25) is 0 Å². The van der Waals surface area contributed by atoms with Crippen molar-refractivity contribution < 1.29 is 4.74 Å². The fourth-order valence-corrected chi connectivity index (χ4v) is 3.71. The minimum atomic E-state index is -0.0899. The van der Waals surface area contributed by atoms with Gasteiger partial charge in [-0.2, -0.15) is 0 Å². The normalized spacial score (nSPS) is 10.7. The third-order valence-corrected chi connectivity index (χ3v) is 5.19. The number of H-pyrrole nitrogens is 1. The van der Waals surface area contributed by atoms with Gasteiger partial charge in [0.1, 0.15) is 5.75 Å². The van der Waals surface area contributed by atoms with E-state index < -0.39 is 0 Å². The van der Waals surface area contributed by atoms with E-state index in [4.69, 9.17) is 4.74 Å². The quantitative estimate of drug-likeness (QED) is 0.527. The van der Waals surface area contributed by atoms with Crippen molar-refractivity contribution in [3.05, 3.63) is 88.5 Å². The number of nitrogens with one attached hydrogen (secondary N) is 1. The molecule has 0 aliphatic carbocycles. The topological polar surface area (TPSA) is 42.1 Å². The van der Waals surface area contributed by atoms with Gasteiger partial charge in [-0.05, 0) is 46.3 Å². The summed E-state index contributed by atoms with van der Waals surface area (Å²) in [7, 11) is 1.65. The van der Waals surface area contributed by atoms with Gasteiger partial charge in [0.05, 0.1) is 23.2 Å². The molecule has 26 heavy (non-hydrogen) atoms. The second-order valence-corrected chi connectivity index (χ2v) is 6.82. The van der Waals surface area contributed by atoms with Gasteiger partial charge in [0, 0.05) is 0 Å². The molecule has 4 rings (SSSR count).